The molecule has 0 saturated heterocycles. The van der Waals surface area contributed by atoms with E-state index in [-0.39, 0.29) is 11.9 Å². The van der Waals surface area contributed by atoms with Gasteiger partial charge in [-0.1, -0.05) is 12.5 Å². The second-order valence-electron chi connectivity index (χ2n) is 3.77. The van der Waals surface area contributed by atoms with E-state index in [0.29, 0.717) is 12.0 Å². The van der Waals surface area contributed by atoms with E-state index >= 15 is 0 Å². The highest BCUT2D eigenvalue weighted by Gasteiger charge is 2.38. The Balaban J connectivity index is 2.09. The summed E-state index contributed by atoms with van der Waals surface area (Å²) in [6.45, 7) is 0. The maximum atomic E-state index is 11.4. The van der Waals surface area contributed by atoms with E-state index in [0.717, 1.165) is 12.8 Å². The Hall–Kier alpha value is -0.990. The third-order valence-corrected chi connectivity index (χ3v) is 3.09. The summed E-state index contributed by atoms with van der Waals surface area (Å²) in [5, 5.41) is 3.28. The molecule has 3 nitrogen and oxygen atoms in total. The van der Waals surface area contributed by atoms with Gasteiger partial charge < -0.3 is 10.1 Å². The van der Waals surface area contributed by atoms with E-state index in [1.165, 1.54) is 13.5 Å². The average molecular weight is 181 g/mol. The monoisotopic (exact) mass is 181 g/mol. The van der Waals surface area contributed by atoms with Gasteiger partial charge in [0.05, 0.1) is 13.0 Å². The Morgan fingerprint density at radius 2 is 2.38 bits per heavy atom. The molecular formula is C10H15NO2. The van der Waals surface area contributed by atoms with Gasteiger partial charge in [-0.15, -0.1) is 0 Å². The standard InChI is InChI=1S/C10H15NO2/c1-13-10(12)8-3-2-4-9-7(8)5-6-11-9/h5-9,11H,2-4H2,1H3. The molecule has 0 aromatic heterocycles. The second-order valence-corrected chi connectivity index (χ2v) is 3.77. The van der Waals surface area contributed by atoms with Gasteiger partial charge in [0, 0.05) is 12.0 Å². The van der Waals surface area contributed by atoms with Crippen molar-refractivity contribution in [2.24, 2.45) is 11.8 Å². The third kappa shape index (κ3) is 1.43. The summed E-state index contributed by atoms with van der Waals surface area (Å²) in [7, 11) is 1.47. The first-order valence-electron chi connectivity index (χ1n) is 4.83. The quantitative estimate of drug-likeness (QED) is 0.615. The zero-order valence-electron chi connectivity index (χ0n) is 7.82. The Kier molecular flexibility index (Phi) is 2.25. The average Bonchev–Trinajstić information content (AvgIpc) is 2.63. The predicted octanol–water partition coefficient (Wildman–Crippen LogP) is 1.06. The number of rotatable bonds is 1. The molecule has 2 aliphatic rings. The maximum Gasteiger partial charge on any atom is 0.309 e. The number of nitrogens with one attached hydrogen (secondary N) is 1. The van der Waals surface area contributed by atoms with Gasteiger partial charge in [0.15, 0.2) is 0 Å². The van der Waals surface area contributed by atoms with Crippen molar-refractivity contribution in [3.63, 3.8) is 0 Å². The van der Waals surface area contributed by atoms with Crippen LogP contribution in [0.4, 0.5) is 0 Å². The summed E-state index contributed by atoms with van der Waals surface area (Å²) < 4.78 is 4.80. The minimum atomic E-state index is -0.0527. The molecule has 1 fully saturated rings. The highest BCUT2D eigenvalue weighted by molar-refractivity contribution is 5.73. The van der Waals surface area contributed by atoms with Gasteiger partial charge in [-0.3, -0.25) is 4.79 Å². The van der Waals surface area contributed by atoms with Crippen molar-refractivity contribution in [2.75, 3.05) is 7.11 Å². The van der Waals surface area contributed by atoms with Gasteiger partial charge in [-0.2, -0.15) is 0 Å². The third-order valence-electron chi connectivity index (χ3n) is 3.09. The summed E-state index contributed by atoms with van der Waals surface area (Å²) in [6, 6.07) is 0.470. The summed E-state index contributed by atoms with van der Waals surface area (Å²) in [5.41, 5.74) is 0. The van der Waals surface area contributed by atoms with Crippen LogP contribution in [-0.2, 0) is 9.53 Å². The lowest BCUT2D eigenvalue weighted by Gasteiger charge is -2.31. The van der Waals surface area contributed by atoms with Crippen LogP contribution in [0, 0.1) is 11.8 Å². The van der Waals surface area contributed by atoms with E-state index in [2.05, 4.69) is 11.4 Å². The fraction of sp³-hybridized carbons (Fsp3) is 0.700. The lowest BCUT2D eigenvalue weighted by Crippen LogP contribution is -2.39. The van der Waals surface area contributed by atoms with Crippen molar-refractivity contribution < 1.29 is 9.53 Å². The fourth-order valence-electron chi connectivity index (χ4n) is 2.40. The van der Waals surface area contributed by atoms with Gasteiger partial charge in [0.1, 0.15) is 0 Å². The first-order chi connectivity index (χ1) is 6.33. The van der Waals surface area contributed by atoms with E-state index in [4.69, 9.17) is 4.74 Å². The number of carbonyl (C=O) groups excluding carboxylic acids is 1. The molecule has 0 spiro atoms. The molecule has 1 aliphatic heterocycles. The Labute approximate surface area is 78.1 Å². The molecule has 2 rings (SSSR count). The number of carbonyl (C=O) groups is 1. The smallest absolute Gasteiger partial charge is 0.309 e. The highest BCUT2D eigenvalue weighted by Crippen LogP contribution is 2.34. The minimum Gasteiger partial charge on any atom is -0.469 e. The van der Waals surface area contributed by atoms with Crippen LogP contribution in [0.1, 0.15) is 19.3 Å². The van der Waals surface area contributed by atoms with Crippen LogP contribution in [0.15, 0.2) is 12.3 Å². The van der Waals surface area contributed by atoms with E-state index in [1.807, 2.05) is 6.20 Å². The lowest BCUT2D eigenvalue weighted by atomic mass is 9.77. The Morgan fingerprint density at radius 1 is 1.54 bits per heavy atom. The van der Waals surface area contributed by atoms with E-state index in [9.17, 15) is 4.79 Å². The largest absolute Gasteiger partial charge is 0.469 e. The molecule has 13 heavy (non-hydrogen) atoms. The second kappa shape index (κ2) is 3.40. The van der Waals surface area contributed by atoms with Crippen LogP contribution < -0.4 is 5.32 Å². The van der Waals surface area contributed by atoms with Crippen molar-refractivity contribution in [2.45, 2.75) is 25.3 Å². The van der Waals surface area contributed by atoms with Gasteiger partial charge in [-0.05, 0) is 19.0 Å². The molecule has 0 aromatic rings. The number of hydrogen-bond donors (Lipinski definition) is 1. The Morgan fingerprint density at radius 3 is 3.15 bits per heavy atom. The highest BCUT2D eigenvalue weighted by atomic mass is 16.5. The molecule has 1 saturated carbocycles. The number of fused-ring (bicyclic) bond motifs is 1. The zero-order chi connectivity index (χ0) is 9.26. The van der Waals surface area contributed by atoms with Crippen molar-refractivity contribution in [1.82, 2.24) is 5.32 Å². The Bertz CT molecular complexity index is 237. The predicted molar refractivity (Wildman–Crippen MR) is 48.9 cm³/mol. The van der Waals surface area contributed by atoms with Crippen LogP contribution in [0.5, 0.6) is 0 Å². The summed E-state index contributed by atoms with van der Waals surface area (Å²) in [6.07, 6.45) is 7.34. The molecule has 3 atom stereocenters. The van der Waals surface area contributed by atoms with Crippen LogP contribution in [0.2, 0.25) is 0 Å². The maximum absolute atomic E-state index is 11.4. The summed E-state index contributed by atoms with van der Waals surface area (Å²) in [5.74, 6) is 0.388. The molecule has 72 valence electrons. The molecule has 0 aromatic carbocycles. The van der Waals surface area contributed by atoms with Gasteiger partial charge in [0.25, 0.3) is 0 Å². The summed E-state index contributed by atoms with van der Waals surface area (Å²) in [4.78, 5) is 11.4. The zero-order valence-corrected chi connectivity index (χ0v) is 7.82. The molecule has 0 radical (unpaired) electrons. The fourth-order valence-corrected chi connectivity index (χ4v) is 2.40. The van der Waals surface area contributed by atoms with Gasteiger partial charge in [0.2, 0.25) is 0 Å². The molecule has 0 amide bonds. The first-order valence-corrected chi connectivity index (χ1v) is 4.83. The van der Waals surface area contributed by atoms with Gasteiger partial charge in [-0.25, -0.2) is 0 Å². The topological polar surface area (TPSA) is 38.3 Å². The molecule has 1 heterocycles. The number of ether oxygens (including phenoxy) is 1. The minimum absolute atomic E-state index is 0.0527. The first kappa shape index (κ1) is 8.60. The van der Waals surface area contributed by atoms with Crippen molar-refractivity contribution >= 4 is 5.97 Å². The van der Waals surface area contributed by atoms with Crippen LogP contribution >= 0.6 is 0 Å². The molecule has 0 bridgehead atoms. The van der Waals surface area contributed by atoms with Crippen molar-refractivity contribution in [1.29, 1.82) is 0 Å². The van der Waals surface area contributed by atoms with Gasteiger partial charge >= 0.3 is 5.97 Å². The normalized spacial score (nSPS) is 36.5. The molecule has 3 heteroatoms. The van der Waals surface area contributed by atoms with E-state index < -0.39 is 0 Å². The SMILES string of the molecule is COC(=O)C1CCCC2NC=CC21. The molecule has 3 unspecified atom stereocenters. The van der Waals surface area contributed by atoms with E-state index in [1.54, 1.807) is 0 Å². The number of hydrogen-bond acceptors (Lipinski definition) is 3. The van der Waals surface area contributed by atoms with Crippen molar-refractivity contribution in [3.8, 4) is 0 Å². The molecular weight excluding hydrogens is 166 g/mol. The summed E-state index contributed by atoms with van der Waals surface area (Å²) >= 11 is 0. The molecule has 1 N–H and O–H groups in total. The number of methoxy groups -OCH3 is 1. The van der Waals surface area contributed by atoms with Crippen LogP contribution in [0.3, 0.4) is 0 Å². The number of esters is 1. The lowest BCUT2D eigenvalue weighted by molar-refractivity contribution is -0.148. The van der Waals surface area contributed by atoms with Crippen LogP contribution in [-0.4, -0.2) is 19.1 Å². The molecule has 1 aliphatic carbocycles. The van der Waals surface area contributed by atoms with Crippen LogP contribution in [0.25, 0.3) is 0 Å². The van der Waals surface area contributed by atoms with Crippen molar-refractivity contribution in [3.05, 3.63) is 12.3 Å².